The molecule has 0 aliphatic carbocycles. The van der Waals surface area contributed by atoms with Crippen molar-refractivity contribution in [3.05, 3.63) is 24.3 Å². The van der Waals surface area contributed by atoms with Crippen molar-refractivity contribution in [2.45, 2.75) is 20.8 Å². The number of guanidine groups is 1. The van der Waals surface area contributed by atoms with Gasteiger partial charge in [-0.2, -0.15) is 0 Å². The van der Waals surface area contributed by atoms with E-state index in [9.17, 15) is 4.79 Å². The number of ether oxygens (including phenoxy) is 1. The van der Waals surface area contributed by atoms with Crippen molar-refractivity contribution in [3.8, 4) is 5.75 Å². The van der Waals surface area contributed by atoms with Crippen molar-refractivity contribution in [3.63, 3.8) is 0 Å². The molecule has 4 N–H and O–H groups in total. The van der Waals surface area contributed by atoms with E-state index in [1.165, 1.54) is 6.92 Å². The molecule has 0 aliphatic rings. The Bertz CT molecular complexity index is 492. The molecule has 0 bridgehead atoms. The van der Waals surface area contributed by atoms with Crippen LogP contribution in [0.25, 0.3) is 0 Å². The molecule has 1 aromatic rings. The number of halogens is 1. The van der Waals surface area contributed by atoms with E-state index in [-0.39, 0.29) is 29.9 Å². The highest BCUT2D eigenvalue weighted by molar-refractivity contribution is 14.0. The molecule has 7 heteroatoms. The number of aliphatic imine (C=N–C) groups is 1. The van der Waals surface area contributed by atoms with Gasteiger partial charge in [0.05, 0.1) is 6.54 Å². The van der Waals surface area contributed by atoms with Crippen LogP contribution in [0.4, 0.5) is 5.69 Å². The highest BCUT2D eigenvalue weighted by Crippen LogP contribution is 2.16. The van der Waals surface area contributed by atoms with E-state index in [1.54, 1.807) is 6.07 Å². The average molecular weight is 420 g/mol. The Morgan fingerprint density at radius 2 is 2.14 bits per heavy atom. The van der Waals surface area contributed by atoms with Crippen molar-refractivity contribution < 1.29 is 9.53 Å². The maximum absolute atomic E-state index is 11.0. The van der Waals surface area contributed by atoms with Crippen molar-refractivity contribution in [1.82, 2.24) is 5.32 Å². The molecule has 0 heterocycles. The van der Waals surface area contributed by atoms with Gasteiger partial charge < -0.3 is 21.1 Å². The molecule has 1 aromatic carbocycles. The number of benzene rings is 1. The lowest BCUT2D eigenvalue weighted by atomic mass is 10.2. The molecule has 1 rings (SSSR count). The van der Waals surface area contributed by atoms with Gasteiger partial charge in [-0.3, -0.25) is 9.79 Å². The lowest BCUT2D eigenvalue weighted by Crippen LogP contribution is -2.35. The fourth-order valence-electron chi connectivity index (χ4n) is 1.55. The number of rotatable bonds is 7. The van der Waals surface area contributed by atoms with Gasteiger partial charge in [-0.1, -0.05) is 19.9 Å². The van der Waals surface area contributed by atoms with Crippen LogP contribution in [0.1, 0.15) is 20.8 Å². The third-order valence-corrected chi connectivity index (χ3v) is 2.46. The minimum absolute atomic E-state index is 0. The Morgan fingerprint density at radius 3 is 2.77 bits per heavy atom. The number of carbonyl (C=O) groups is 1. The molecule has 124 valence electrons. The Morgan fingerprint density at radius 1 is 1.41 bits per heavy atom. The van der Waals surface area contributed by atoms with Crippen molar-refractivity contribution in [1.29, 1.82) is 0 Å². The molecule has 0 aliphatic heterocycles. The monoisotopic (exact) mass is 420 g/mol. The van der Waals surface area contributed by atoms with E-state index in [2.05, 4.69) is 29.5 Å². The molecule has 0 aromatic heterocycles. The van der Waals surface area contributed by atoms with Crippen molar-refractivity contribution >= 4 is 41.5 Å². The molecule has 22 heavy (non-hydrogen) atoms. The van der Waals surface area contributed by atoms with Crippen LogP contribution in [0.2, 0.25) is 0 Å². The van der Waals surface area contributed by atoms with Gasteiger partial charge in [0.1, 0.15) is 12.4 Å². The summed E-state index contributed by atoms with van der Waals surface area (Å²) in [5.74, 6) is 1.50. The summed E-state index contributed by atoms with van der Waals surface area (Å²) in [4.78, 5) is 15.2. The molecular formula is C15H25IN4O2. The smallest absolute Gasteiger partial charge is 0.221 e. The van der Waals surface area contributed by atoms with E-state index in [1.807, 2.05) is 18.2 Å². The first kappa shape index (κ1) is 20.5. The molecule has 0 unspecified atom stereocenters. The zero-order valence-electron chi connectivity index (χ0n) is 13.3. The SMILES string of the molecule is CC(=O)Nc1cccc(OCCNC(N)=NCC(C)C)c1.I. The molecule has 6 nitrogen and oxygen atoms in total. The summed E-state index contributed by atoms with van der Waals surface area (Å²) in [6.07, 6.45) is 0. The molecule has 0 atom stereocenters. The second kappa shape index (κ2) is 11.1. The highest BCUT2D eigenvalue weighted by atomic mass is 127. The molecule has 0 radical (unpaired) electrons. The van der Waals surface area contributed by atoms with Crippen LogP contribution in [-0.4, -0.2) is 31.6 Å². The number of hydrogen-bond donors (Lipinski definition) is 3. The molecule has 0 saturated carbocycles. The second-order valence-corrected chi connectivity index (χ2v) is 5.10. The van der Waals surface area contributed by atoms with Gasteiger partial charge in [-0.05, 0) is 18.1 Å². The molecule has 0 spiro atoms. The topological polar surface area (TPSA) is 88.7 Å². The number of amides is 1. The minimum atomic E-state index is -0.108. The van der Waals surface area contributed by atoms with Crippen molar-refractivity contribution in [2.75, 3.05) is 25.0 Å². The quantitative estimate of drug-likeness (QED) is 0.273. The third kappa shape index (κ3) is 9.43. The number of nitrogens with one attached hydrogen (secondary N) is 2. The van der Waals surface area contributed by atoms with Gasteiger partial charge in [0.25, 0.3) is 0 Å². The van der Waals surface area contributed by atoms with Crippen LogP contribution in [0.15, 0.2) is 29.3 Å². The Balaban J connectivity index is 0.00000441. The lowest BCUT2D eigenvalue weighted by Gasteiger charge is -2.10. The number of hydrogen-bond acceptors (Lipinski definition) is 3. The van der Waals surface area contributed by atoms with Gasteiger partial charge in [0.2, 0.25) is 5.91 Å². The van der Waals surface area contributed by atoms with Crippen LogP contribution < -0.4 is 21.1 Å². The van der Waals surface area contributed by atoms with Gasteiger partial charge >= 0.3 is 0 Å². The van der Waals surface area contributed by atoms with Crippen LogP contribution in [0.3, 0.4) is 0 Å². The van der Waals surface area contributed by atoms with E-state index in [0.717, 1.165) is 0 Å². The van der Waals surface area contributed by atoms with E-state index < -0.39 is 0 Å². The summed E-state index contributed by atoms with van der Waals surface area (Å²) in [5, 5.41) is 5.70. The largest absolute Gasteiger partial charge is 0.492 e. The summed E-state index contributed by atoms with van der Waals surface area (Å²) in [5.41, 5.74) is 6.43. The van der Waals surface area contributed by atoms with E-state index in [4.69, 9.17) is 10.5 Å². The summed E-state index contributed by atoms with van der Waals surface area (Å²) in [6.45, 7) is 7.37. The highest BCUT2D eigenvalue weighted by Gasteiger charge is 1.99. The Kier molecular flexibility index (Phi) is 10.3. The molecular weight excluding hydrogens is 395 g/mol. The minimum Gasteiger partial charge on any atom is -0.492 e. The number of anilines is 1. The first-order valence-corrected chi connectivity index (χ1v) is 7.01. The summed E-state index contributed by atoms with van der Waals surface area (Å²) >= 11 is 0. The van der Waals surface area contributed by atoms with Crippen LogP contribution in [-0.2, 0) is 4.79 Å². The average Bonchev–Trinajstić information content (AvgIpc) is 2.41. The first-order chi connectivity index (χ1) is 9.97. The summed E-state index contributed by atoms with van der Waals surface area (Å²) in [7, 11) is 0. The maximum atomic E-state index is 11.0. The standard InChI is InChI=1S/C15H24N4O2.HI/c1-11(2)10-18-15(16)17-7-8-21-14-6-4-5-13(9-14)19-12(3)20;/h4-6,9,11H,7-8,10H2,1-3H3,(H,19,20)(H3,16,17,18);1H. The Hall–Kier alpha value is -1.51. The van der Waals surface area contributed by atoms with E-state index >= 15 is 0 Å². The van der Waals surface area contributed by atoms with Gasteiger partial charge in [-0.25, -0.2) is 0 Å². The maximum Gasteiger partial charge on any atom is 0.221 e. The third-order valence-electron chi connectivity index (χ3n) is 2.46. The predicted molar refractivity (Wildman–Crippen MR) is 101 cm³/mol. The van der Waals surface area contributed by atoms with Crippen molar-refractivity contribution in [2.24, 2.45) is 16.6 Å². The fourth-order valence-corrected chi connectivity index (χ4v) is 1.55. The zero-order valence-corrected chi connectivity index (χ0v) is 15.6. The Labute approximate surface area is 148 Å². The normalized spacial score (nSPS) is 10.8. The van der Waals surface area contributed by atoms with Gasteiger partial charge in [0.15, 0.2) is 5.96 Å². The summed E-state index contributed by atoms with van der Waals surface area (Å²) in [6, 6.07) is 7.24. The number of nitrogens with zero attached hydrogens (tertiary/aromatic N) is 1. The van der Waals surface area contributed by atoms with Crippen LogP contribution in [0.5, 0.6) is 5.75 Å². The molecule has 0 saturated heterocycles. The number of nitrogens with two attached hydrogens (primary N) is 1. The zero-order chi connectivity index (χ0) is 15.7. The fraction of sp³-hybridized carbons (Fsp3) is 0.467. The number of carbonyl (C=O) groups excluding carboxylic acids is 1. The molecule has 0 fully saturated rings. The van der Waals surface area contributed by atoms with Gasteiger partial charge in [0, 0.05) is 25.2 Å². The van der Waals surface area contributed by atoms with Gasteiger partial charge in [-0.15, -0.1) is 24.0 Å². The van der Waals surface area contributed by atoms with E-state index in [0.29, 0.717) is 43.0 Å². The van der Waals surface area contributed by atoms with Crippen LogP contribution >= 0.6 is 24.0 Å². The second-order valence-electron chi connectivity index (χ2n) is 5.10. The summed E-state index contributed by atoms with van der Waals surface area (Å²) < 4.78 is 5.58. The first-order valence-electron chi connectivity index (χ1n) is 7.01. The predicted octanol–water partition coefficient (Wildman–Crippen LogP) is 2.20. The lowest BCUT2D eigenvalue weighted by molar-refractivity contribution is -0.114. The molecule has 1 amide bonds. The van der Waals surface area contributed by atoms with Crippen LogP contribution in [0, 0.1) is 5.92 Å².